The Bertz CT molecular complexity index is 1950. The van der Waals surface area contributed by atoms with Crippen molar-refractivity contribution in [1.82, 2.24) is 14.9 Å². The normalized spacial score (nSPS) is 41.1. The standard InChI is InChI=1S/C50H71N3O5/c1-44(2,43(56)57)29-39(54)58-38-20-21-47(6)36(45(38,3)4)19-22-49(8)37(47)17-16-33-40-32(46(5)24-25-46)18-23-50(40,27-26-48(33,49)7)42(55)53-28-12-15-35(53)41-51-30-34(52-41)31-13-10-9-11-14-31/h9-11,13-14,30,32-33,35-38,40H,12,15-29H2,1-8H3,(H,51,52)(H,56,57)/t32-,33-,35?,36+,37-,38+,40-,47+,48-,49-,50+/m1/s1. The van der Waals surface area contributed by atoms with Crippen molar-refractivity contribution in [3.8, 4) is 11.3 Å². The third-order valence-electron chi connectivity index (χ3n) is 19.7. The molecule has 2 aromatic rings. The van der Waals surface area contributed by atoms with E-state index >= 15 is 4.79 Å². The van der Waals surface area contributed by atoms with Gasteiger partial charge in [0.1, 0.15) is 11.9 Å². The van der Waals surface area contributed by atoms with Gasteiger partial charge >= 0.3 is 11.9 Å². The molecular formula is C50H71N3O5. The Hall–Kier alpha value is -3.16. The summed E-state index contributed by atoms with van der Waals surface area (Å²) in [5, 5.41) is 9.68. The number of carbonyl (C=O) groups is 3. The Morgan fingerprint density at radius 3 is 2.28 bits per heavy atom. The van der Waals surface area contributed by atoms with Crippen LogP contribution in [0.4, 0.5) is 0 Å². The molecule has 7 aliphatic rings. The highest BCUT2D eigenvalue weighted by Crippen LogP contribution is 2.79. The van der Waals surface area contributed by atoms with E-state index in [1.54, 1.807) is 13.8 Å². The first-order valence-corrected chi connectivity index (χ1v) is 23.2. The summed E-state index contributed by atoms with van der Waals surface area (Å²) in [6.45, 7) is 19.2. The van der Waals surface area contributed by atoms with Gasteiger partial charge in [0.15, 0.2) is 0 Å². The van der Waals surface area contributed by atoms with Crippen LogP contribution >= 0.6 is 0 Å². The van der Waals surface area contributed by atoms with Gasteiger partial charge in [-0.3, -0.25) is 14.4 Å². The predicted molar refractivity (Wildman–Crippen MR) is 225 cm³/mol. The Morgan fingerprint density at radius 1 is 0.828 bits per heavy atom. The van der Waals surface area contributed by atoms with Gasteiger partial charge in [0.25, 0.3) is 0 Å². The second-order valence-corrected chi connectivity index (χ2v) is 23.1. The monoisotopic (exact) mass is 794 g/mol. The minimum atomic E-state index is -1.15. The number of ether oxygens (including phenoxy) is 1. The summed E-state index contributed by atoms with van der Waals surface area (Å²) in [7, 11) is 0. The Balaban J connectivity index is 0.991. The van der Waals surface area contributed by atoms with Crippen LogP contribution in [0.3, 0.4) is 0 Å². The van der Waals surface area contributed by atoms with Gasteiger partial charge in [0, 0.05) is 12.0 Å². The Kier molecular flexibility index (Phi) is 9.31. The largest absolute Gasteiger partial charge is 0.481 e. The van der Waals surface area contributed by atoms with Crippen molar-refractivity contribution < 1.29 is 24.2 Å². The maximum absolute atomic E-state index is 15.6. The van der Waals surface area contributed by atoms with E-state index in [2.05, 4.69) is 75.7 Å². The van der Waals surface area contributed by atoms with Crippen molar-refractivity contribution in [2.24, 2.45) is 67.5 Å². The first kappa shape index (κ1) is 40.3. The van der Waals surface area contributed by atoms with Crippen LogP contribution in [0.2, 0.25) is 0 Å². The summed E-state index contributed by atoms with van der Waals surface area (Å²) in [5.41, 5.74) is 1.31. The van der Waals surface area contributed by atoms with Gasteiger partial charge in [-0.2, -0.15) is 0 Å². The highest BCUT2D eigenvalue weighted by atomic mass is 16.5. The van der Waals surface area contributed by atoms with Crippen LogP contribution < -0.4 is 0 Å². The smallest absolute Gasteiger partial charge is 0.309 e. The predicted octanol–water partition coefficient (Wildman–Crippen LogP) is 11.0. The molecule has 0 bridgehead atoms. The third-order valence-corrected chi connectivity index (χ3v) is 19.7. The summed E-state index contributed by atoms with van der Waals surface area (Å²) < 4.78 is 6.24. The Morgan fingerprint density at radius 2 is 1.57 bits per heavy atom. The molecule has 1 aromatic carbocycles. The fraction of sp³-hybridized carbons (Fsp3) is 0.760. The highest BCUT2D eigenvalue weighted by molar-refractivity contribution is 5.85. The molecule has 2 heterocycles. The van der Waals surface area contributed by atoms with Crippen LogP contribution in [0, 0.1) is 67.5 Å². The Labute approximate surface area is 347 Å². The van der Waals surface area contributed by atoms with Gasteiger partial charge < -0.3 is 19.7 Å². The number of hydrogen-bond acceptors (Lipinski definition) is 5. The molecule has 8 heteroatoms. The molecule has 1 aliphatic heterocycles. The zero-order valence-electron chi connectivity index (χ0n) is 36.8. The van der Waals surface area contributed by atoms with Crippen LogP contribution in [-0.2, 0) is 19.1 Å². The minimum Gasteiger partial charge on any atom is -0.481 e. The topological polar surface area (TPSA) is 113 Å². The molecule has 9 rings (SSSR count). The fourth-order valence-electron chi connectivity index (χ4n) is 16.0. The molecule has 0 radical (unpaired) electrons. The van der Waals surface area contributed by atoms with E-state index in [0.29, 0.717) is 40.9 Å². The second-order valence-electron chi connectivity index (χ2n) is 23.1. The van der Waals surface area contributed by atoms with Gasteiger partial charge in [-0.05, 0) is 161 Å². The molecule has 316 valence electrons. The SMILES string of the molecule is CC(C)(CC(=O)O[C@H]1CC[C@]2(C)[C@H]3CC[C@@H]4[C@H]5[C@H](C6(C)CC6)CC[C@]5(C(=O)N5CCCC5c5ncc(-c6ccccc6)[nH]5)CC[C@@]4(C)[C@]3(C)CC[C@H]2C1(C)C)C(=O)O. The number of amides is 1. The molecule has 1 amide bonds. The highest BCUT2D eigenvalue weighted by Gasteiger charge is 2.74. The number of nitrogens with one attached hydrogen (secondary N) is 1. The lowest BCUT2D eigenvalue weighted by Gasteiger charge is -2.73. The molecule has 7 fully saturated rings. The van der Waals surface area contributed by atoms with Crippen LogP contribution in [0.1, 0.15) is 164 Å². The number of aromatic amines is 1. The maximum atomic E-state index is 15.6. The number of benzene rings is 1. The minimum absolute atomic E-state index is 0.00811. The van der Waals surface area contributed by atoms with Gasteiger partial charge in [0.2, 0.25) is 5.91 Å². The number of esters is 1. The summed E-state index contributed by atoms with van der Waals surface area (Å²) in [6.07, 6.45) is 17.1. The zero-order chi connectivity index (χ0) is 41.3. The summed E-state index contributed by atoms with van der Waals surface area (Å²) in [5.74, 6) is 2.58. The average Bonchev–Trinajstić information content (AvgIpc) is 3.56. The number of aliphatic carboxylic acids is 1. The van der Waals surface area contributed by atoms with Crippen molar-refractivity contribution >= 4 is 17.8 Å². The summed E-state index contributed by atoms with van der Waals surface area (Å²) in [4.78, 5) is 51.5. The van der Waals surface area contributed by atoms with Crippen LogP contribution in [0.25, 0.3) is 11.3 Å². The number of rotatable bonds is 8. The fourth-order valence-corrected chi connectivity index (χ4v) is 16.0. The van der Waals surface area contributed by atoms with Gasteiger partial charge in [0.05, 0.1) is 35.2 Å². The first-order valence-electron chi connectivity index (χ1n) is 23.2. The van der Waals surface area contributed by atoms with E-state index < -0.39 is 11.4 Å². The number of carboxylic acids is 1. The van der Waals surface area contributed by atoms with Gasteiger partial charge in [-0.25, -0.2) is 4.98 Å². The number of carboxylic acid groups (broad SMARTS) is 1. The average molecular weight is 794 g/mol. The number of imidazole rings is 1. The summed E-state index contributed by atoms with van der Waals surface area (Å²) >= 11 is 0. The number of fused-ring (bicyclic) bond motifs is 7. The quantitative estimate of drug-likeness (QED) is 0.257. The van der Waals surface area contributed by atoms with E-state index in [-0.39, 0.29) is 51.6 Å². The van der Waals surface area contributed by atoms with Crippen LogP contribution in [0.15, 0.2) is 36.5 Å². The molecule has 2 N–H and O–H groups in total. The number of aromatic nitrogens is 2. The molecule has 58 heavy (non-hydrogen) atoms. The maximum Gasteiger partial charge on any atom is 0.309 e. The zero-order valence-corrected chi connectivity index (χ0v) is 36.8. The van der Waals surface area contributed by atoms with E-state index in [1.165, 1.54) is 38.5 Å². The molecule has 11 atom stereocenters. The molecule has 1 unspecified atom stereocenters. The molecule has 1 saturated heterocycles. The molecule has 1 aromatic heterocycles. The van der Waals surface area contributed by atoms with Crippen LogP contribution in [-0.4, -0.2) is 50.5 Å². The molecule has 0 spiro atoms. The lowest BCUT2D eigenvalue weighted by atomic mass is 9.32. The van der Waals surface area contributed by atoms with E-state index in [4.69, 9.17) is 9.72 Å². The number of nitrogens with zero attached hydrogens (tertiary/aromatic N) is 2. The van der Waals surface area contributed by atoms with Crippen LogP contribution in [0.5, 0.6) is 0 Å². The van der Waals surface area contributed by atoms with Gasteiger partial charge in [-0.15, -0.1) is 0 Å². The summed E-state index contributed by atoms with van der Waals surface area (Å²) in [6, 6.07) is 10.4. The number of hydrogen-bond donors (Lipinski definition) is 2. The molecule has 6 aliphatic carbocycles. The van der Waals surface area contributed by atoms with Crippen molar-refractivity contribution in [1.29, 1.82) is 0 Å². The third kappa shape index (κ3) is 5.77. The second kappa shape index (κ2) is 13.4. The number of carbonyl (C=O) groups excluding carboxylic acids is 2. The van der Waals surface area contributed by atoms with E-state index in [9.17, 15) is 14.7 Å². The van der Waals surface area contributed by atoms with E-state index in [0.717, 1.165) is 75.0 Å². The lowest BCUT2D eigenvalue weighted by Crippen LogP contribution is -2.67. The number of likely N-dealkylation sites (tertiary alicyclic amines) is 1. The number of H-pyrrole nitrogens is 1. The van der Waals surface area contributed by atoms with E-state index in [1.807, 2.05) is 12.3 Å². The van der Waals surface area contributed by atoms with Crippen molar-refractivity contribution in [2.75, 3.05) is 6.54 Å². The molecular weight excluding hydrogens is 723 g/mol. The van der Waals surface area contributed by atoms with Crippen molar-refractivity contribution in [3.05, 3.63) is 42.4 Å². The van der Waals surface area contributed by atoms with Crippen molar-refractivity contribution in [3.63, 3.8) is 0 Å². The molecule has 8 nitrogen and oxygen atoms in total. The molecule has 6 saturated carbocycles. The lowest BCUT2D eigenvalue weighted by molar-refractivity contribution is -0.251. The first-order chi connectivity index (χ1) is 27.3. The van der Waals surface area contributed by atoms with Gasteiger partial charge in [-0.1, -0.05) is 71.9 Å². The van der Waals surface area contributed by atoms with Crippen molar-refractivity contribution in [2.45, 2.75) is 164 Å².